The summed E-state index contributed by atoms with van der Waals surface area (Å²) in [5.41, 5.74) is 0. The van der Waals surface area contributed by atoms with Crippen LogP contribution in [0.1, 0.15) is 32.1 Å². The van der Waals surface area contributed by atoms with Crippen LogP contribution in [0, 0.1) is 5.92 Å². The molecule has 2 fully saturated rings. The van der Waals surface area contributed by atoms with Crippen LogP contribution < -0.4 is 5.32 Å². The largest absolute Gasteiger partial charge is 0.396 e. The molecule has 2 atom stereocenters. The molecular weight excluding hydrogens is 194 g/mol. The first-order chi connectivity index (χ1) is 6.90. The number of nitrogens with one attached hydrogen (secondary N) is 1. The zero-order valence-corrected chi connectivity index (χ0v) is 9.56. The predicted octanol–water partition coefficient (Wildman–Crippen LogP) is 1.63. The van der Waals surface area contributed by atoms with Crippen molar-refractivity contribution in [2.45, 2.75) is 44.2 Å². The molecule has 2 rings (SSSR count). The summed E-state index contributed by atoms with van der Waals surface area (Å²) in [5.74, 6) is 3.48. The van der Waals surface area contributed by atoms with Crippen molar-refractivity contribution in [2.75, 3.05) is 18.1 Å². The summed E-state index contributed by atoms with van der Waals surface area (Å²) in [7, 11) is 0. The van der Waals surface area contributed by atoms with Gasteiger partial charge in [0.15, 0.2) is 0 Å². The summed E-state index contributed by atoms with van der Waals surface area (Å²) in [6, 6.07) is 1.31. The summed E-state index contributed by atoms with van der Waals surface area (Å²) < 4.78 is 0. The van der Waals surface area contributed by atoms with Crippen molar-refractivity contribution in [1.29, 1.82) is 0 Å². The Balaban J connectivity index is 1.73. The summed E-state index contributed by atoms with van der Waals surface area (Å²) in [4.78, 5) is 0. The van der Waals surface area contributed by atoms with E-state index in [4.69, 9.17) is 5.11 Å². The lowest BCUT2D eigenvalue weighted by atomic mass is 10.1. The summed E-state index contributed by atoms with van der Waals surface area (Å²) in [6.07, 6.45) is 6.39. The maximum absolute atomic E-state index is 9.00. The van der Waals surface area contributed by atoms with Crippen LogP contribution in [0.25, 0.3) is 0 Å². The third-order valence-electron chi connectivity index (χ3n) is 3.24. The van der Waals surface area contributed by atoms with Gasteiger partial charge in [0, 0.05) is 24.4 Å². The molecule has 0 aromatic heterocycles. The van der Waals surface area contributed by atoms with Gasteiger partial charge in [-0.1, -0.05) is 0 Å². The summed E-state index contributed by atoms with van der Waals surface area (Å²) in [6.45, 7) is 0.341. The molecular formula is C11H21NOS. The lowest BCUT2D eigenvalue weighted by Crippen LogP contribution is -2.42. The van der Waals surface area contributed by atoms with Gasteiger partial charge < -0.3 is 10.4 Å². The fraction of sp³-hybridized carbons (Fsp3) is 1.00. The minimum absolute atomic E-state index is 0.341. The van der Waals surface area contributed by atoms with Gasteiger partial charge in [-0.05, 0) is 43.8 Å². The fourth-order valence-electron chi connectivity index (χ4n) is 2.27. The van der Waals surface area contributed by atoms with Crippen LogP contribution in [-0.4, -0.2) is 35.3 Å². The Morgan fingerprint density at radius 1 is 1.36 bits per heavy atom. The second kappa shape index (κ2) is 5.38. The molecule has 0 aromatic carbocycles. The van der Waals surface area contributed by atoms with Crippen LogP contribution in [0.2, 0.25) is 0 Å². The van der Waals surface area contributed by atoms with Crippen LogP contribution in [0.3, 0.4) is 0 Å². The molecule has 0 spiro atoms. The second-order valence-electron chi connectivity index (χ2n) is 4.54. The zero-order valence-electron chi connectivity index (χ0n) is 8.74. The van der Waals surface area contributed by atoms with E-state index < -0.39 is 0 Å². The second-order valence-corrected chi connectivity index (χ2v) is 5.69. The molecule has 2 aliphatic rings. The predicted molar refractivity (Wildman–Crippen MR) is 61.7 cm³/mol. The van der Waals surface area contributed by atoms with Gasteiger partial charge in [-0.2, -0.15) is 11.8 Å². The van der Waals surface area contributed by atoms with E-state index in [0.717, 1.165) is 12.3 Å². The highest BCUT2D eigenvalue weighted by molar-refractivity contribution is 7.99. The van der Waals surface area contributed by atoms with Gasteiger partial charge in [0.25, 0.3) is 0 Å². The molecule has 0 aromatic rings. The van der Waals surface area contributed by atoms with E-state index in [2.05, 4.69) is 17.1 Å². The Bertz CT molecular complexity index is 167. The molecule has 1 aliphatic heterocycles. The Morgan fingerprint density at radius 3 is 2.79 bits per heavy atom. The minimum atomic E-state index is 0.341. The highest BCUT2D eigenvalue weighted by atomic mass is 32.2. The zero-order chi connectivity index (χ0) is 9.80. The minimum Gasteiger partial charge on any atom is -0.396 e. The Labute approximate surface area is 90.8 Å². The SMILES string of the molecule is OCCC(NC1CCCSC1)C1CC1. The topological polar surface area (TPSA) is 32.3 Å². The van der Waals surface area contributed by atoms with E-state index in [9.17, 15) is 0 Å². The number of rotatable bonds is 5. The molecule has 0 amide bonds. The molecule has 3 heteroatoms. The smallest absolute Gasteiger partial charge is 0.0445 e. The van der Waals surface area contributed by atoms with Gasteiger partial charge in [0.1, 0.15) is 0 Å². The summed E-state index contributed by atoms with van der Waals surface area (Å²) in [5, 5.41) is 12.7. The Kier molecular flexibility index (Phi) is 4.14. The third-order valence-corrected chi connectivity index (χ3v) is 4.46. The van der Waals surface area contributed by atoms with Gasteiger partial charge in [-0.15, -0.1) is 0 Å². The molecule has 0 bridgehead atoms. The van der Waals surface area contributed by atoms with Crippen molar-refractivity contribution in [3.8, 4) is 0 Å². The lowest BCUT2D eigenvalue weighted by Gasteiger charge is -2.28. The third kappa shape index (κ3) is 3.14. The number of thioether (sulfide) groups is 1. The first-order valence-corrected chi connectivity index (χ1v) is 7.00. The molecule has 2 N–H and O–H groups in total. The molecule has 14 heavy (non-hydrogen) atoms. The first-order valence-electron chi connectivity index (χ1n) is 5.85. The Hall–Kier alpha value is 0.270. The van der Waals surface area contributed by atoms with Gasteiger partial charge >= 0.3 is 0 Å². The van der Waals surface area contributed by atoms with E-state index >= 15 is 0 Å². The van der Waals surface area contributed by atoms with E-state index in [0.29, 0.717) is 18.7 Å². The molecule has 1 heterocycles. The molecule has 0 radical (unpaired) electrons. The van der Waals surface area contributed by atoms with E-state index in [1.807, 2.05) is 0 Å². The average molecular weight is 215 g/mol. The van der Waals surface area contributed by atoms with Crippen LogP contribution in [0.15, 0.2) is 0 Å². The van der Waals surface area contributed by atoms with E-state index in [1.165, 1.54) is 37.2 Å². The summed E-state index contributed by atoms with van der Waals surface area (Å²) >= 11 is 2.07. The fourth-order valence-corrected chi connectivity index (χ4v) is 3.35. The maximum Gasteiger partial charge on any atom is 0.0445 e. The van der Waals surface area contributed by atoms with Crippen LogP contribution in [0.5, 0.6) is 0 Å². The van der Waals surface area contributed by atoms with E-state index in [-0.39, 0.29) is 0 Å². The first kappa shape index (κ1) is 10.8. The lowest BCUT2D eigenvalue weighted by molar-refractivity contribution is 0.248. The number of hydrogen-bond acceptors (Lipinski definition) is 3. The molecule has 1 saturated heterocycles. The van der Waals surface area contributed by atoms with Crippen molar-refractivity contribution < 1.29 is 5.11 Å². The normalized spacial score (nSPS) is 30.2. The Morgan fingerprint density at radius 2 is 2.21 bits per heavy atom. The highest BCUT2D eigenvalue weighted by Crippen LogP contribution is 2.34. The molecule has 82 valence electrons. The maximum atomic E-state index is 9.00. The van der Waals surface area contributed by atoms with Crippen molar-refractivity contribution >= 4 is 11.8 Å². The molecule has 1 saturated carbocycles. The van der Waals surface area contributed by atoms with Gasteiger partial charge in [0.2, 0.25) is 0 Å². The highest BCUT2D eigenvalue weighted by Gasteiger charge is 2.32. The molecule has 1 aliphatic carbocycles. The van der Waals surface area contributed by atoms with Crippen molar-refractivity contribution in [2.24, 2.45) is 5.92 Å². The van der Waals surface area contributed by atoms with Crippen LogP contribution >= 0.6 is 11.8 Å². The van der Waals surface area contributed by atoms with Gasteiger partial charge in [-0.3, -0.25) is 0 Å². The van der Waals surface area contributed by atoms with Crippen molar-refractivity contribution in [1.82, 2.24) is 5.32 Å². The number of hydrogen-bond donors (Lipinski definition) is 2. The van der Waals surface area contributed by atoms with Gasteiger partial charge in [0.05, 0.1) is 0 Å². The van der Waals surface area contributed by atoms with Crippen molar-refractivity contribution in [3.05, 3.63) is 0 Å². The van der Waals surface area contributed by atoms with Crippen LogP contribution in [-0.2, 0) is 0 Å². The quantitative estimate of drug-likeness (QED) is 0.731. The average Bonchev–Trinajstić information content (AvgIpc) is 3.02. The van der Waals surface area contributed by atoms with E-state index in [1.54, 1.807) is 0 Å². The molecule has 2 nitrogen and oxygen atoms in total. The van der Waals surface area contributed by atoms with Crippen LogP contribution in [0.4, 0.5) is 0 Å². The standard InChI is InChI=1S/C11H21NOS/c13-6-5-11(9-3-4-9)12-10-2-1-7-14-8-10/h9-13H,1-8H2. The monoisotopic (exact) mass is 215 g/mol. The van der Waals surface area contributed by atoms with Gasteiger partial charge in [-0.25, -0.2) is 0 Å². The molecule has 2 unspecified atom stereocenters. The van der Waals surface area contributed by atoms with Crippen molar-refractivity contribution in [3.63, 3.8) is 0 Å². The number of aliphatic hydroxyl groups is 1. The number of aliphatic hydroxyl groups excluding tert-OH is 1.